The zero-order valence-electron chi connectivity index (χ0n) is 11.7. The fraction of sp³-hybridized carbons (Fsp3) is 0.188. The number of carbonyl (C=O) groups is 1. The number of rotatable bonds is 4. The van der Waals surface area contributed by atoms with Crippen LogP contribution >= 0.6 is 0 Å². The van der Waals surface area contributed by atoms with E-state index in [1.807, 2.05) is 36.4 Å². The van der Waals surface area contributed by atoms with E-state index >= 15 is 0 Å². The Morgan fingerprint density at radius 1 is 1.15 bits per heavy atom. The third kappa shape index (κ3) is 3.09. The van der Waals surface area contributed by atoms with Gasteiger partial charge in [-0.05, 0) is 29.8 Å². The van der Waals surface area contributed by atoms with Crippen LogP contribution in [0.15, 0.2) is 48.5 Å². The molecule has 4 nitrogen and oxygen atoms in total. The molecule has 0 aliphatic rings. The van der Waals surface area contributed by atoms with E-state index in [0.717, 1.165) is 11.3 Å². The lowest BCUT2D eigenvalue weighted by Crippen LogP contribution is -2.26. The molecule has 0 aliphatic carbocycles. The van der Waals surface area contributed by atoms with Gasteiger partial charge in [-0.15, -0.1) is 0 Å². The van der Waals surface area contributed by atoms with E-state index in [2.05, 4.69) is 0 Å². The number of methoxy groups -OCH3 is 1. The van der Waals surface area contributed by atoms with Crippen molar-refractivity contribution in [2.75, 3.05) is 19.9 Å². The summed E-state index contributed by atoms with van der Waals surface area (Å²) in [5.41, 5.74) is 7.89. The van der Waals surface area contributed by atoms with Crippen LogP contribution in [-0.2, 0) is 6.54 Å². The zero-order chi connectivity index (χ0) is 14.5. The molecule has 0 saturated carbocycles. The molecule has 2 aromatic rings. The molecule has 0 saturated heterocycles. The normalized spacial score (nSPS) is 10.1. The number of nitrogens with zero attached hydrogens (tertiary/aromatic N) is 1. The molecule has 0 atom stereocenters. The topological polar surface area (TPSA) is 55.6 Å². The number of para-hydroxylation sites is 1. The lowest BCUT2D eigenvalue weighted by molar-refractivity contribution is 0.0786. The minimum atomic E-state index is -0.0843. The van der Waals surface area contributed by atoms with E-state index in [-0.39, 0.29) is 5.91 Å². The number of benzene rings is 2. The Bertz CT molecular complexity index is 594. The number of nitrogens with two attached hydrogens (primary N) is 1. The number of amides is 1. The van der Waals surface area contributed by atoms with E-state index in [1.165, 1.54) is 0 Å². The van der Waals surface area contributed by atoms with Gasteiger partial charge in [0.2, 0.25) is 0 Å². The second kappa shape index (κ2) is 6.10. The van der Waals surface area contributed by atoms with Gasteiger partial charge < -0.3 is 15.4 Å². The average Bonchev–Trinajstić information content (AvgIpc) is 2.48. The number of hydrogen-bond acceptors (Lipinski definition) is 3. The first kappa shape index (κ1) is 13.9. The second-order valence-corrected chi connectivity index (χ2v) is 4.60. The predicted molar refractivity (Wildman–Crippen MR) is 79.6 cm³/mol. The molecule has 0 heterocycles. The Kier molecular flexibility index (Phi) is 4.25. The highest BCUT2D eigenvalue weighted by Crippen LogP contribution is 2.16. The molecule has 0 spiro atoms. The zero-order valence-corrected chi connectivity index (χ0v) is 11.7. The van der Waals surface area contributed by atoms with Crippen molar-refractivity contribution >= 4 is 11.6 Å². The Labute approximate surface area is 118 Å². The highest BCUT2D eigenvalue weighted by molar-refractivity contribution is 5.98. The maximum atomic E-state index is 12.3. The molecule has 2 aromatic carbocycles. The highest BCUT2D eigenvalue weighted by Gasteiger charge is 2.14. The summed E-state index contributed by atoms with van der Waals surface area (Å²) >= 11 is 0. The quantitative estimate of drug-likeness (QED) is 0.869. The van der Waals surface area contributed by atoms with Gasteiger partial charge in [0.15, 0.2) is 0 Å². The summed E-state index contributed by atoms with van der Waals surface area (Å²) in [7, 11) is 3.39. The monoisotopic (exact) mass is 270 g/mol. The van der Waals surface area contributed by atoms with Crippen molar-refractivity contribution in [3.05, 3.63) is 59.7 Å². The van der Waals surface area contributed by atoms with Crippen molar-refractivity contribution in [1.82, 2.24) is 4.90 Å². The van der Waals surface area contributed by atoms with E-state index in [9.17, 15) is 4.79 Å². The first-order valence-corrected chi connectivity index (χ1v) is 6.34. The third-order valence-corrected chi connectivity index (χ3v) is 3.12. The van der Waals surface area contributed by atoms with Crippen LogP contribution in [0.1, 0.15) is 15.9 Å². The molecule has 0 fully saturated rings. The van der Waals surface area contributed by atoms with Crippen LogP contribution in [-0.4, -0.2) is 25.0 Å². The number of ether oxygens (including phenoxy) is 1. The summed E-state index contributed by atoms with van der Waals surface area (Å²) in [5, 5.41) is 0. The van der Waals surface area contributed by atoms with Gasteiger partial charge >= 0.3 is 0 Å². The second-order valence-electron chi connectivity index (χ2n) is 4.60. The molecule has 0 unspecified atom stereocenters. The van der Waals surface area contributed by atoms with Crippen molar-refractivity contribution in [1.29, 1.82) is 0 Å². The molecule has 0 bridgehead atoms. The largest absolute Gasteiger partial charge is 0.497 e. The van der Waals surface area contributed by atoms with E-state index in [0.29, 0.717) is 17.8 Å². The van der Waals surface area contributed by atoms with Crippen LogP contribution in [0.4, 0.5) is 5.69 Å². The molecule has 20 heavy (non-hydrogen) atoms. The molecular weight excluding hydrogens is 252 g/mol. The highest BCUT2D eigenvalue weighted by atomic mass is 16.5. The smallest absolute Gasteiger partial charge is 0.255 e. The SMILES string of the molecule is COc1ccc(CN(C)C(=O)c2ccccc2N)cc1. The van der Waals surface area contributed by atoms with Crippen molar-refractivity contribution in [3.63, 3.8) is 0 Å². The van der Waals surface area contributed by atoms with Gasteiger partial charge in [-0.1, -0.05) is 24.3 Å². The minimum Gasteiger partial charge on any atom is -0.497 e. The molecule has 2 N–H and O–H groups in total. The Morgan fingerprint density at radius 2 is 1.80 bits per heavy atom. The summed E-state index contributed by atoms with van der Waals surface area (Å²) in [6.07, 6.45) is 0. The van der Waals surface area contributed by atoms with Crippen LogP contribution in [0.5, 0.6) is 5.75 Å². The average molecular weight is 270 g/mol. The maximum absolute atomic E-state index is 12.3. The maximum Gasteiger partial charge on any atom is 0.255 e. The Morgan fingerprint density at radius 3 is 2.40 bits per heavy atom. The number of hydrogen-bond donors (Lipinski definition) is 1. The first-order valence-electron chi connectivity index (χ1n) is 6.34. The van der Waals surface area contributed by atoms with E-state index in [4.69, 9.17) is 10.5 Å². The molecule has 104 valence electrons. The van der Waals surface area contributed by atoms with Crippen LogP contribution in [0, 0.1) is 0 Å². The van der Waals surface area contributed by atoms with Crippen LogP contribution in [0.25, 0.3) is 0 Å². The van der Waals surface area contributed by atoms with Gasteiger partial charge in [-0.2, -0.15) is 0 Å². The van der Waals surface area contributed by atoms with E-state index < -0.39 is 0 Å². The van der Waals surface area contributed by atoms with Gasteiger partial charge in [-0.25, -0.2) is 0 Å². The molecule has 2 rings (SSSR count). The standard InChI is InChI=1S/C16H18N2O2/c1-18(11-12-7-9-13(20-2)10-8-12)16(19)14-5-3-4-6-15(14)17/h3-10H,11,17H2,1-2H3. The molecule has 1 amide bonds. The molecule has 4 heteroatoms. The van der Waals surface area contributed by atoms with Gasteiger partial charge in [0.25, 0.3) is 5.91 Å². The van der Waals surface area contributed by atoms with Gasteiger partial charge in [0, 0.05) is 19.3 Å². The number of anilines is 1. The molecule has 0 aliphatic heterocycles. The summed E-state index contributed by atoms with van der Waals surface area (Å²) < 4.78 is 5.11. The van der Waals surface area contributed by atoms with Crippen molar-refractivity contribution in [2.45, 2.75) is 6.54 Å². The van der Waals surface area contributed by atoms with Crippen molar-refractivity contribution in [2.24, 2.45) is 0 Å². The third-order valence-electron chi connectivity index (χ3n) is 3.12. The predicted octanol–water partition coefficient (Wildman–Crippen LogP) is 2.55. The summed E-state index contributed by atoms with van der Waals surface area (Å²) in [4.78, 5) is 14.0. The van der Waals surface area contributed by atoms with Gasteiger partial charge in [0.1, 0.15) is 5.75 Å². The molecule has 0 radical (unpaired) electrons. The van der Waals surface area contributed by atoms with Crippen molar-refractivity contribution < 1.29 is 9.53 Å². The van der Waals surface area contributed by atoms with Gasteiger partial charge in [-0.3, -0.25) is 4.79 Å². The fourth-order valence-corrected chi connectivity index (χ4v) is 1.97. The fourth-order valence-electron chi connectivity index (χ4n) is 1.97. The van der Waals surface area contributed by atoms with Gasteiger partial charge in [0.05, 0.1) is 12.7 Å². The Hall–Kier alpha value is -2.49. The molecule has 0 aromatic heterocycles. The summed E-state index contributed by atoms with van der Waals surface area (Å²) in [6.45, 7) is 0.525. The lowest BCUT2D eigenvalue weighted by Gasteiger charge is -2.18. The number of nitrogen functional groups attached to an aromatic ring is 1. The lowest BCUT2D eigenvalue weighted by atomic mass is 10.1. The molecular formula is C16H18N2O2. The van der Waals surface area contributed by atoms with Crippen LogP contribution in [0.2, 0.25) is 0 Å². The summed E-state index contributed by atoms with van der Waals surface area (Å²) in [6, 6.07) is 14.7. The number of carbonyl (C=O) groups excluding carboxylic acids is 1. The minimum absolute atomic E-state index is 0.0843. The van der Waals surface area contributed by atoms with Crippen LogP contribution in [0.3, 0.4) is 0 Å². The summed E-state index contributed by atoms with van der Waals surface area (Å²) in [5.74, 6) is 0.717. The van der Waals surface area contributed by atoms with Crippen molar-refractivity contribution in [3.8, 4) is 5.75 Å². The van der Waals surface area contributed by atoms with E-state index in [1.54, 1.807) is 31.2 Å². The first-order chi connectivity index (χ1) is 9.61. The Balaban J connectivity index is 2.09. The van der Waals surface area contributed by atoms with Crippen LogP contribution < -0.4 is 10.5 Å².